The third kappa shape index (κ3) is 2.11. The maximum Gasteiger partial charge on any atom is 0.125 e. The first-order valence-electron chi connectivity index (χ1n) is 4.95. The lowest BCUT2D eigenvalue weighted by molar-refractivity contribution is -0.117. The summed E-state index contributed by atoms with van der Waals surface area (Å²) in [6.45, 7) is 6.17. The van der Waals surface area contributed by atoms with E-state index in [0.29, 0.717) is 5.92 Å². The van der Waals surface area contributed by atoms with Gasteiger partial charge < -0.3 is 9.53 Å². The molecule has 0 aromatic carbocycles. The zero-order valence-electron chi connectivity index (χ0n) is 9.09. The first kappa shape index (κ1) is 10.7. The number of carbonyl (C=O) groups excluding carboxylic acids is 1. The third-order valence-corrected chi connectivity index (χ3v) is 3.55. The van der Waals surface area contributed by atoms with E-state index in [1.807, 2.05) is 13.8 Å². The van der Waals surface area contributed by atoms with Gasteiger partial charge in [0.15, 0.2) is 0 Å². The molecule has 1 saturated carbocycles. The van der Waals surface area contributed by atoms with Crippen molar-refractivity contribution in [3.8, 4) is 0 Å². The van der Waals surface area contributed by atoms with E-state index in [4.69, 9.17) is 4.74 Å². The SMILES string of the molecule is COC1(C)CCC(C(C)(C)C=O)C1. The van der Waals surface area contributed by atoms with Gasteiger partial charge in [0.2, 0.25) is 0 Å². The highest BCUT2D eigenvalue weighted by molar-refractivity contribution is 5.58. The van der Waals surface area contributed by atoms with Crippen LogP contribution in [0.4, 0.5) is 0 Å². The standard InChI is InChI=1S/C11H20O2/c1-10(2,8-12)9-5-6-11(3,7-9)13-4/h8-9H,5-7H2,1-4H3. The Bertz CT molecular complexity index is 198. The molecule has 76 valence electrons. The highest BCUT2D eigenvalue weighted by Crippen LogP contribution is 2.44. The van der Waals surface area contributed by atoms with Crippen molar-refractivity contribution in [3.05, 3.63) is 0 Å². The molecule has 1 aliphatic carbocycles. The highest BCUT2D eigenvalue weighted by Gasteiger charge is 2.42. The van der Waals surface area contributed by atoms with Crippen LogP contribution < -0.4 is 0 Å². The highest BCUT2D eigenvalue weighted by atomic mass is 16.5. The Morgan fingerprint density at radius 2 is 2.15 bits per heavy atom. The fraction of sp³-hybridized carbons (Fsp3) is 0.909. The summed E-state index contributed by atoms with van der Waals surface area (Å²) in [7, 11) is 1.76. The Hall–Kier alpha value is -0.370. The smallest absolute Gasteiger partial charge is 0.125 e. The quantitative estimate of drug-likeness (QED) is 0.630. The number of hydrogen-bond acceptors (Lipinski definition) is 2. The van der Waals surface area contributed by atoms with Gasteiger partial charge in [0.1, 0.15) is 6.29 Å². The number of aldehydes is 1. The Labute approximate surface area is 80.7 Å². The van der Waals surface area contributed by atoms with Crippen LogP contribution in [0.3, 0.4) is 0 Å². The molecule has 0 radical (unpaired) electrons. The molecule has 1 rings (SSSR count). The molecule has 0 saturated heterocycles. The molecule has 13 heavy (non-hydrogen) atoms. The molecule has 0 heterocycles. The lowest BCUT2D eigenvalue weighted by Crippen LogP contribution is -2.28. The number of carbonyl (C=O) groups is 1. The van der Waals surface area contributed by atoms with Crippen LogP contribution in [0.15, 0.2) is 0 Å². The van der Waals surface area contributed by atoms with E-state index in [2.05, 4.69) is 6.92 Å². The van der Waals surface area contributed by atoms with Crippen LogP contribution in [0, 0.1) is 11.3 Å². The average Bonchev–Trinajstić information content (AvgIpc) is 2.50. The van der Waals surface area contributed by atoms with Gasteiger partial charge in [0.25, 0.3) is 0 Å². The summed E-state index contributed by atoms with van der Waals surface area (Å²) in [5.74, 6) is 0.481. The van der Waals surface area contributed by atoms with E-state index < -0.39 is 0 Å². The van der Waals surface area contributed by atoms with Crippen molar-refractivity contribution in [2.45, 2.75) is 45.6 Å². The maximum atomic E-state index is 10.9. The minimum atomic E-state index is -0.184. The van der Waals surface area contributed by atoms with E-state index in [0.717, 1.165) is 25.5 Å². The summed E-state index contributed by atoms with van der Waals surface area (Å²) in [5.41, 5.74) is -0.179. The van der Waals surface area contributed by atoms with E-state index in [-0.39, 0.29) is 11.0 Å². The molecule has 2 heteroatoms. The fourth-order valence-electron chi connectivity index (χ4n) is 2.12. The Balaban J connectivity index is 2.64. The van der Waals surface area contributed by atoms with E-state index >= 15 is 0 Å². The fourth-order valence-corrected chi connectivity index (χ4v) is 2.12. The zero-order chi connectivity index (χ0) is 10.1. The Morgan fingerprint density at radius 3 is 2.54 bits per heavy atom. The van der Waals surface area contributed by atoms with Crippen molar-refractivity contribution in [1.82, 2.24) is 0 Å². The van der Waals surface area contributed by atoms with E-state index in [1.54, 1.807) is 7.11 Å². The molecular weight excluding hydrogens is 164 g/mol. The summed E-state index contributed by atoms with van der Waals surface area (Å²) in [4.78, 5) is 10.9. The largest absolute Gasteiger partial charge is 0.379 e. The van der Waals surface area contributed by atoms with Crippen molar-refractivity contribution < 1.29 is 9.53 Å². The van der Waals surface area contributed by atoms with Gasteiger partial charge in [-0.3, -0.25) is 0 Å². The van der Waals surface area contributed by atoms with Crippen LogP contribution in [0.5, 0.6) is 0 Å². The lowest BCUT2D eigenvalue weighted by atomic mass is 9.78. The molecule has 0 N–H and O–H groups in total. The molecule has 0 amide bonds. The van der Waals surface area contributed by atoms with Gasteiger partial charge >= 0.3 is 0 Å². The molecule has 2 nitrogen and oxygen atoms in total. The molecule has 0 bridgehead atoms. The second kappa shape index (κ2) is 3.41. The summed E-state index contributed by atoms with van der Waals surface area (Å²) < 4.78 is 5.45. The number of rotatable bonds is 3. The van der Waals surface area contributed by atoms with Crippen molar-refractivity contribution in [3.63, 3.8) is 0 Å². The zero-order valence-corrected chi connectivity index (χ0v) is 9.09. The minimum absolute atomic E-state index is 0.00491. The van der Waals surface area contributed by atoms with E-state index in [1.165, 1.54) is 0 Å². The van der Waals surface area contributed by atoms with Crippen molar-refractivity contribution in [1.29, 1.82) is 0 Å². The summed E-state index contributed by atoms with van der Waals surface area (Å²) in [6, 6.07) is 0. The Morgan fingerprint density at radius 1 is 1.54 bits per heavy atom. The summed E-state index contributed by atoms with van der Waals surface area (Å²) in [6.07, 6.45) is 4.27. The lowest BCUT2D eigenvalue weighted by Gasteiger charge is -2.28. The molecule has 0 aliphatic heterocycles. The molecule has 2 atom stereocenters. The molecule has 1 fully saturated rings. The van der Waals surface area contributed by atoms with Crippen LogP contribution in [0.2, 0.25) is 0 Å². The van der Waals surface area contributed by atoms with E-state index in [9.17, 15) is 4.79 Å². The predicted octanol–water partition coefficient (Wildman–Crippen LogP) is 2.42. The van der Waals surface area contributed by atoms with Crippen LogP contribution in [0.25, 0.3) is 0 Å². The van der Waals surface area contributed by atoms with Gasteiger partial charge in [-0.2, -0.15) is 0 Å². The number of ether oxygens (including phenoxy) is 1. The van der Waals surface area contributed by atoms with Gasteiger partial charge in [-0.1, -0.05) is 13.8 Å². The van der Waals surface area contributed by atoms with Crippen LogP contribution >= 0.6 is 0 Å². The first-order chi connectivity index (χ1) is 5.93. The number of hydrogen-bond donors (Lipinski definition) is 0. The molecule has 2 unspecified atom stereocenters. The van der Waals surface area contributed by atoms with Gasteiger partial charge in [-0.15, -0.1) is 0 Å². The Kier molecular flexibility index (Phi) is 2.81. The summed E-state index contributed by atoms with van der Waals surface area (Å²) >= 11 is 0. The third-order valence-electron chi connectivity index (χ3n) is 3.55. The molecule has 0 aromatic rings. The van der Waals surface area contributed by atoms with Crippen LogP contribution in [-0.4, -0.2) is 19.0 Å². The molecular formula is C11H20O2. The average molecular weight is 184 g/mol. The van der Waals surface area contributed by atoms with Gasteiger partial charge in [0, 0.05) is 12.5 Å². The van der Waals surface area contributed by atoms with Crippen molar-refractivity contribution in [2.75, 3.05) is 7.11 Å². The summed E-state index contributed by atoms with van der Waals surface area (Å²) in [5, 5.41) is 0. The van der Waals surface area contributed by atoms with Crippen LogP contribution in [0.1, 0.15) is 40.0 Å². The first-order valence-corrected chi connectivity index (χ1v) is 4.95. The molecule has 0 aromatic heterocycles. The van der Waals surface area contributed by atoms with Gasteiger partial charge in [-0.25, -0.2) is 0 Å². The number of methoxy groups -OCH3 is 1. The second-order valence-corrected chi connectivity index (χ2v) is 5.03. The van der Waals surface area contributed by atoms with Crippen molar-refractivity contribution >= 4 is 6.29 Å². The predicted molar refractivity (Wildman–Crippen MR) is 52.6 cm³/mol. The topological polar surface area (TPSA) is 26.3 Å². The normalized spacial score (nSPS) is 34.9. The van der Waals surface area contributed by atoms with Gasteiger partial charge in [-0.05, 0) is 32.1 Å². The minimum Gasteiger partial charge on any atom is -0.379 e. The molecule has 1 aliphatic rings. The van der Waals surface area contributed by atoms with Crippen molar-refractivity contribution in [2.24, 2.45) is 11.3 Å². The van der Waals surface area contributed by atoms with Gasteiger partial charge in [0.05, 0.1) is 5.60 Å². The van der Waals surface area contributed by atoms with Crippen LogP contribution in [-0.2, 0) is 9.53 Å². The monoisotopic (exact) mass is 184 g/mol. The maximum absolute atomic E-state index is 10.9. The molecule has 0 spiro atoms. The second-order valence-electron chi connectivity index (χ2n) is 5.03.